The maximum absolute atomic E-state index is 4.19. The summed E-state index contributed by atoms with van der Waals surface area (Å²) in [6.45, 7) is 1.14. The fourth-order valence-electron chi connectivity index (χ4n) is 0.966. The van der Waals surface area contributed by atoms with E-state index in [2.05, 4.69) is 30.6 Å². The summed E-state index contributed by atoms with van der Waals surface area (Å²) in [6, 6.07) is 0.543. The van der Waals surface area contributed by atoms with E-state index in [-0.39, 0.29) is 4.58 Å². The fourth-order valence-corrected chi connectivity index (χ4v) is 1.47. The van der Waals surface area contributed by atoms with Crippen molar-refractivity contribution in [1.29, 1.82) is 0 Å². The van der Waals surface area contributed by atoms with Crippen molar-refractivity contribution in [1.82, 2.24) is 5.32 Å². The normalized spacial score (nSPS) is 29.6. The Bertz CT molecular complexity index is 68.8. The maximum atomic E-state index is 4.19. The second-order valence-corrected chi connectivity index (χ2v) is 3.64. The van der Waals surface area contributed by atoms with E-state index >= 15 is 0 Å². The molecule has 1 saturated heterocycles. The Morgan fingerprint density at radius 2 is 2.25 bits per heavy atom. The first-order valence-corrected chi connectivity index (χ1v) is 3.93. The van der Waals surface area contributed by atoms with Gasteiger partial charge >= 0.3 is 0 Å². The van der Waals surface area contributed by atoms with Gasteiger partial charge in [0.2, 0.25) is 0 Å². The largest absolute Gasteiger partial charge is 0.312 e. The van der Waals surface area contributed by atoms with Crippen LogP contribution in [0.4, 0.5) is 0 Å². The van der Waals surface area contributed by atoms with E-state index < -0.39 is 0 Å². The highest BCUT2D eigenvalue weighted by Crippen LogP contribution is 2.15. The van der Waals surface area contributed by atoms with Crippen LogP contribution in [0, 0.1) is 0 Å². The fraction of sp³-hybridized carbons (Fsp3) is 1.00. The van der Waals surface area contributed by atoms with Crippen molar-refractivity contribution in [3.63, 3.8) is 0 Å². The van der Waals surface area contributed by atoms with Gasteiger partial charge in [0.1, 0.15) is 0 Å². The van der Waals surface area contributed by atoms with Crippen molar-refractivity contribution in [3.8, 4) is 0 Å². The topological polar surface area (TPSA) is 12.0 Å². The van der Waals surface area contributed by atoms with Crippen molar-refractivity contribution < 1.29 is 0 Å². The lowest BCUT2D eigenvalue weighted by molar-refractivity contribution is 0.657. The lowest BCUT2D eigenvalue weighted by Crippen LogP contribution is -2.27. The van der Waals surface area contributed by atoms with Gasteiger partial charge in [-0.15, -0.1) is 0 Å². The zero-order valence-corrected chi connectivity index (χ0v) is 6.46. The molecule has 1 fully saturated rings. The average molecular weight is 149 g/mol. The number of hydrogen-bond acceptors (Lipinski definition) is 3. The number of rotatable bonds is 1. The molecule has 0 aliphatic carbocycles. The summed E-state index contributed by atoms with van der Waals surface area (Å²) in [5.41, 5.74) is 0. The Hall–Kier alpha value is 0.660. The molecule has 1 rings (SSSR count). The van der Waals surface area contributed by atoms with Crippen LogP contribution < -0.4 is 5.32 Å². The predicted octanol–water partition coefficient (Wildman–Crippen LogP) is 0.924. The van der Waals surface area contributed by atoms with Gasteiger partial charge in [-0.1, -0.05) is 0 Å². The van der Waals surface area contributed by atoms with Gasteiger partial charge in [0.05, 0.1) is 4.58 Å². The quantitative estimate of drug-likeness (QED) is 0.372. The molecule has 1 unspecified atom stereocenters. The molecule has 1 atom stereocenters. The third kappa shape index (κ3) is 1.57. The van der Waals surface area contributed by atoms with E-state index in [0.29, 0.717) is 6.04 Å². The molecule has 0 spiro atoms. The molecule has 0 saturated carbocycles. The highest BCUT2D eigenvalue weighted by Gasteiger charge is 2.17. The summed E-state index contributed by atoms with van der Waals surface area (Å²) in [7, 11) is 0. The second kappa shape index (κ2) is 2.99. The molecule has 1 N–H and O–H groups in total. The Kier molecular flexibility index (Phi) is 2.53. The molecule has 0 aromatic rings. The zero-order valence-electron chi connectivity index (χ0n) is 4.67. The van der Waals surface area contributed by atoms with E-state index in [0.717, 1.165) is 6.54 Å². The van der Waals surface area contributed by atoms with Crippen molar-refractivity contribution in [2.24, 2.45) is 0 Å². The Labute approximate surface area is 61.1 Å². The summed E-state index contributed by atoms with van der Waals surface area (Å²) in [5.74, 6) is 0. The highest BCUT2D eigenvalue weighted by atomic mass is 32.2. The van der Waals surface area contributed by atoms with Crippen molar-refractivity contribution in [2.75, 3.05) is 6.54 Å². The van der Waals surface area contributed by atoms with Gasteiger partial charge < -0.3 is 5.32 Å². The first-order chi connectivity index (χ1) is 3.80. The van der Waals surface area contributed by atoms with Gasteiger partial charge in [-0.25, -0.2) is 0 Å². The van der Waals surface area contributed by atoms with Crippen LogP contribution in [0.5, 0.6) is 0 Å². The minimum atomic E-state index is 0.220. The molecule has 1 nitrogen and oxygen atoms in total. The summed E-state index contributed by atoms with van der Waals surface area (Å²) in [5, 5.41) is 3.30. The third-order valence-corrected chi connectivity index (χ3v) is 2.18. The summed E-state index contributed by atoms with van der Waals surface area (Å²) >= 11 is 8.39. The molecule has 0 aromatic heterocycles. The van der Waals surface area contributed by atoms with Crippen LogP contribution in [0.25, 0.3) is 0 Å². The van der Waals surface area contributed by atoms with Gasteiger partial charge in [0.25, 0.3) is 0 Å². The number of hydrogen-bond donors (Lipinski definition) is 3. The summed E-state index contributed by atoms with van der Waals surface area (Å²) in [4.78, 5) is 0. The smallest absolute Gasteiger partial charge is 0.0595 e. The van der Waals surface area contributed by atoms with Gasteiger partial charge in [-0.05, 0) is 19.4 Å². The van der Waals surface area contributed by atoms with Gasteiger partial charge in [-0.2, -0.15) is 25.3 Å². The molecule has 1 aliphatic rings. The zero-order chi connectivity index (χ0) is 5.98. The SMILES string of the molecule is SC(S)C1CCCN1. The molecule has 0 radical (unpaired) electrons. The minimum Gasteiger partial charge on any atom is -0.312 e. The molecular formula is C5H11NS2. The van der Waals surface area contributed by atoms with Crippen LogP contribution in [0.3, 0.4) is 0 Å². The second-order valence-electron chi connectivity index (χ2n) is 2.12. The highest BCUT2D eigenvalue weighted by molar-refractivity contribution is 7.99. The van der Waals surface area contributed by atoms with E-state index in [4.69, 9.17) is 0 Å². The van der Waals surface area contributed by atoms with Gasteiger partial charge in [-0.3, -0.25) is 0 Å². The molecule has 0 amide bonds. The predicted molar refractivity (Wildman–Crippen MR) is 42.8 cm³/mol. The molecule has 1 heterocycles. The monoisotopic (exact) mass is 149 g/mol. The van der Waals surface area contributed by atoms with Crippen molar-refractivity contribution in [2.45, 2.75) is 23.5 Å². The maximum Gasteiger partial charge on any atom is 0.0595 e. The van der Waals surface area contributed by atoms with Crippen molar-refractivity contribution in [3.05, 3.63) is 0 Å². The molecule has 48 valence electrons. The Balaban J connectivity index is 2.24. The lowest BCUT2D eigenvalue weighted by Gasteiger charge is -2.11. The van der Waals surface area contributed by atoms with E-state index in [1.807, 2.05) is 0 Å². The molecule has 0 aromatic carbocycles. The van der Waals surface area contributed by atoms with Crippen LogP contribution in [-0.2, 0) is 0 Å². The van der Waals surface area contributed by atoms with Crippen molar-refractivity contribution >= 4 is 25.3 Å². The average Bonchev–Trinajstić information content (AvgIpc) is 2.12. The molecule has 1 aliphatic heterocycles. The van der Waals surface area contributed by atoms with Crippen LogP contribution in [-0.4, -0.2) is 17.2 Å². The summed E-state index contributed by atoms with van der Waals surface area (Å²) in [6.07, 6.45) is 2.51. The van der Waals surface area contributed by atoms with Crippen LogP contribution in [0.15, 0.2) is 0 Å². The molecule has 0 bridgehead atoms. The van der Waals surface area contributed by atoms with Crippen LogP contribution in [0.1, 0.15) is 12.8 Å². The van der Waals surface area contributed by atoms with Crippen LogP contribution in [0.2, 0.25) is 0 Å². The van der Waals surface area contributed by atoms with Crippen LogP contribution >= 0.6 is 25.3 Å². The summed E-state index contributed by atoms with van der Waals surface area (Å²) < 4.78 is 0.220. The lowest BCUT2D eigenvalue weighted by atomic mass is 10.2. The molecule has 3 heteroatoms. The molecule has 8 heavy (non-hydrogen) atoms. The standard InChI is InChI=1S/C5H11NS2/c7-5(8)4-2-1-3-6-4/h4-8H,1-3H2. The Morgan fingerprint density at radius 3 is 2.50 bits per heavy atom. The van der Waals surface area contributed by atoms with Gasteiger partial charge in [0, 0.05) is 6.04 Å². The van der Waals surface area contributed by atoms with Gasteiger partial charge in [0.15, 0.2) is 0 Å². The van der Waals surface area contributed by atoms with E-state index in [9.17, 15) is 0 Å². The number of nitrogens with one attached hydrogen (secondary N) is 1. The third-order valence-electron chi connectivity index (χ3n) is 1.46. The Morgan fingerprint density at radius 1 is 1.50 bits per heavy atom. The van der Waals surface area contributed by atoms with E-state index in [1.165, 1.54) is 12.8 Å². The number of thiol groups is 2. The van der Waals surface area contributed by atoms with E-state index in [1.54, 1.807) is 0 Å². The molecular weight excluding hydrogens is 138 g/mol. The first-order valence-electron chi connectivity index (χ1n) is 2.90. The minimum absolute atomic E-state index is 0.220. The first kappa shape index (κ1) is 6.78.